The Morgan fingerprint density at radius 3 is 1.84 bits per heavy atom. The number of allylic oxidation sites excluding steroid dienone is 4. The first kappa shape index (κ1) is 21.5. The summed E-state index contributed by atoms with van der Waals surface area (Å²) in [4.78, 5) is 26.7. The number of Topliss-reactive ketones (excluding diaryl/α,β-unsaturated/α-hetero) is 2. The average molecular weight is 426 g/mol. The summed E-state index contributed by atoms with van der Waals surface area (Å²) in [6.45, 7) is 8.36. The largest absolute Gasteiger partial charge is 0.504 e. The number of ketones is 2. The van der Waals surface area contributed by atoms with Gasteiger partial charge >= 0.3 is 0 Å². The number of carbonyl (C=O) groups excluding carboxylic acids is 2. The van der Waals surface area contributed by atoms with Crippen LogP contribution in [0, 0.1) is 10.8 Å². The lowest BCUT2D eigenvalue weighted by Crippen LogP contribution is -2.42. The van der Waals surface area contributed by atoms with Crippen LogP contribution in [0.3, 0.4) is 0 Å². The molecule has 0 radical (unpaired) electrons. The minimum Gasteiger partial charge on any atom is -0.504 e. The smallest absolute Gasteiger partial charge is 0.203 e. The molecule has 6 nitrogen and oxygen atoms in total. The van der Waals surface area contributed by atoms with Gasteiger partial charge in [-0.2, -0.15) is 0 Å². The van der Waals surface area contributed by atoms with Crippen molar-refractivity contribution in [2.75, 3.05) is 14.2 Å². The molecule has 0 fully saturated rings. The quantitative estimate of drug-likeness (QED) is 0.748. The van der Waals surface area contributed by atoms with Gasteiger partial charge in [0, 0.05) is 41.3 Å². The van der Waals surface area contributed by atoms with Gasteiger partial charge in [0.2, 0.25) is 5.75 Å². The van der Waals surface area contributed by atoms with Crippen molar-refractivity contribution >= 4 is 11.6 Å². The highest BCUT2D eigenvalue weighted by molar-refractivity contribution is 6.06. The van der Waals surface area contributed by atoms with Crippen LogP contribution >= 0.6 is 0 Å². The summed E-state index contributed by atoms with van der Waals surface area (Å²) >= 11 is 0. The van der Waals surface area contributed by atoms with E-state index in [1.54, 1.807) is 12.1 Å². The zero-order chi connectivity index (χ0) is 22.7. The van der Waals surface area contributed by atoms with Crippen molar-refractivity contribution in [2.24, 2.45) is 10.8 Å². The van der Waals surface area contributed by atoms with E-state index in [0.717, 1.165) is 24.2 Å². The molecule has 2 aliphatic carbocycles. The third kappa shape index (κ3) is 3.62. The Hall–Kier alpha value is -2.76. The second-order valence-corrected chi connectivity index (χ2v) is 10.5. The Bertz CT molecular complexity index is 992. The van der Waals surface area contributed by atoms with E-state index >= 15 is 0 Å². The van der Waals surface area contributed by atoms with Gasteiger partial charge in [-0.05, 0) is 41.4 Å². The fourth-order valence-corrected chi connectivity index (χ4v) is 5.35. The molecule has 6 heteroatoms. The van der Waals surface area contributed by atoms with Crippen molar-refractivity contribution < 1.29 is 24.2 Å². The van der Waals surface area contributed by atoms with E-state index in [2.05, 4.69) is 33.0 Å². The molecule has 1 aromatic carbocycles. The van der Waals surface area contributed by atoms with Crippen LogP contribution in [-0.4, -0.2) is 30.9 Å². The number of phenolic OH excluding ortho intramolecular Hbond substituents is 1. The van der Waals surface area contributed by atoms with Crippen LogP contribution in [0.15, 0.2) is 34.7 Å². The van der Waals surface area contributed by atoms with Gasteiger partial charge in [-0.1, -0.05) is 27.7 Å². The normalized spacial score (nSPS) is 22.6. The third-order valence-corrected chi connectivity index (χ3v) is 6.53. The molecule has 2 N–H and O–H groups in total. The van der Waals surface area contributed by atoms with Crippen LogP contribution in [0.1, 0.15) is 64.9 Å². The fourth-order valence-electron chi connectivity index (χ4n) is 5.35. The molecular formula is C25H31NO5. The van der Waals surface area contributed by atoms with Crippen molar-refractivity contribution in [3.63, 3.8) is 0 Å². The Morgan fingerprint density at radius 1 is 0.871 bits per heavy atom. The number of rotatable bonds is 3. The number of phenols is 1. The highest BCUT2D eigenvalue weighted by atomic mass is 16.5. The van der Waals surface area contributed by atoms with Crippen molar-refractivity contribution in [1.29, 1.82) is 0 Å². The standard InChI is InChI=1S/C25H31NO5/c1-24(2)9-14-21(17(28)11-24)20(13-7-16(27)23(31-6)19(8-13)30-5)22-15(26-14)10-25(3,4)12-18(22)29/h7-8,20,26-27H,9-12H2,1-6H3. The van der Waals surface area contributed by atoms with Crippen molar-refractivity contribution in [3.8, 4) is 17.2 Å². The molecule has 0 aromatic heterocycles. The van der Waals surface area contributed by atoms with E-state index in [4.69, 9.17) is 9.47 Å². The molecule has 1 aromatic rings. The predicted molar refractivity (Wildman–Crippen MR) is 117 cm³/mol. The van der Waals surface area contributed by atoms with Crippen LogP contribution in [0.5, 0.6) is 17.2 Å². The molecule has 0 amide bonds. The second-order valence-electron chi connectivity index (χ2n) is 10.5. The maximum absolute atomic E-state index is 13.3. The van der Waals surface area contributed by atoms with Crippen LogP contribution < -0.4 is 14.8 Å². The zero-order valence-corrected chi connectivity index (χ0v) is 19.1. The van der Waals surface area contributed by atoms with Crippen LogP contribution in [-0.2, 0) is 9.59 Å². The summed E-state index contributed by atoms with van der Waals surface area (Å²) in [5.41, 5.74) is 3.42. The summed E-state index contributed by atoms with van der Waals surface area (Å²) in [5.74, 6) is 0.0868. The SMILES string of the molecule is COc1cc(C2C3=C(CC(C)(C)CC3=O)NC3=C2C(=O)CC(C)(C)C3)cc(O)c1OC. The van der Waals surface area contributed by atoms with Crippen LogP contribution in [0.25, 0.3) is 0 Å². The van der Waals surface area contributed by atoms with E-state index in [1.165, 1.54) is 14.2 Å². The predicted octanol–water partition coefficient (Wildman–Crippen LogP) is 4.38. The monoisotopic (exact) mass is 425 g/mol. The summed E-state index contributed by atoms with van der Waals surface area (Å²) in [7, 11) is 2.96. The van der Waals surface area contributed by atoms with Gasteiger partial charge in [0.25, 0.3) is 0 Å². The first-order chi connectivity index (χ1) is 14.5. The molecule has 0 saturated carbocycles. The Morgan fingerprint density at radius 2 is 1.39 bits per heavy atom. The molecule has 0 unspecified atom stereocenters. The van der Waals surface area contributed by atoms with Crippen molar-refractivity contribution in [3.05, 3.63) is 40.2 Å². The molecule has 31 heavy (non-hydrogen) atoms. The second kappa shape index (κ2) is 7.14. The molecule has 0 atom stereocenters. The van der Waals surface area contributed by atoms with Crippen molar-refractivity contribution in [1.82, 2.24) is 5.32 Å². The number of dihydropyridines is 1. The molecule has 3 aliphatic rings. The van der Waals surface area contributed by atoms with Gasteiger partial charge in [-0.15, -0.1) is 0 Å². The van der Waals surface area contributed by atoms with Gasteiger partial charge < -0.3 is 19.9 Å². The highest BCUT2D eigenvalue weighted by Gasteiger charge is 2.46. The van der Waals surface area contributed by atoms with Crippen molar-refractivity contribution in [2.45, 2.75) is 59.3 Å². The number of benzene rings is 1. The summed E-state index contributed by atoms with van der Waals surface area (Å²) in [5, 5.41) is 14.1. The summed E-state index contributed by atoms with van der Waals surface area (Å²) in [6, 6.07) is 3.36. The molecule has 4 rings (SSSR count). The van der Waals surface area contributed by atoms with Gasteiger partial charge in [0.05, 0.1) is 14.2 Å². The molecule has 0 saturated heterocycles. The van der Waals surface area contributed by atoms with E-state index < -0.39 is 5.92 Å². The Kier molecular flexibility index (Phi) is 4.95. The number of nitrogens with one attached hydrogen (secondary N) is 1. The van der Waals surface area contributed by atoms with E-state index in [1.807, 2.05) is 0 Å². The van der Waals surface area contributed by atoms with E-state index in [-0.39, 0.29) is 33.9 Å². The van der Waals surface area contributed by atoms with Gasteiger partial charge in [0.15, 0.2) is 23.1 Å². The first-order valence-electron chi connectivity index (χ1n) is 10.7. The average Bonchev–Trinajstić information content (AvgIpc) is 2.63. The molecule has 166 valence electrons. The number of aromatic hydroxyl groups is 1. The minimum atomic E-state index is -0.524. The summed E-state index contributed by atoms with van der Waals surface area (Å²) in [6.07, 6.45) is 2.31. The lowest BCUT2D eigenvalue weighted by molar-refractivity contribution is -0.119. The van der Waals surface area contributed by atoms with E-state index in [0.29, 0.717) is 35.3 Å². The minimum absolute atomic E-state index is 0.0437. The Labute approximate surface area is 183 Å². The first-order valence-corrected chi connectivity index (χ1v) is 10.7. The molecular weight excluding hydrogens is 394 g/mol. The number of ether oxygens (including phenoxy) is 2. The van der Waals surface area contributed by atoms with Gasteiger partial charge in [-0.3, -0.25) is 9.59 Å². The number of hydrogen-bond acceptors (Lipinski definition) is 6. The number of carbonyl (C=O) groups is 2. The van der Waals surface area contributed by atoms with Gasteiger partial charge in [-0.25, -0.2) is 0 Å². The van der Waals surface area contributed by atoms with Crippen LogP contribution in [0.2, 0.25) is 0 Å². The van der Waals surface area contributed by atoms with Gasteiger partial charge in [0.1, 0.15) is 0 Å². The number of methoxy groups -OCH3 is 2. The maximum Gasteiger partial charge on any atom is 0.203 e. The topological polar surface area (TPSA) is 84.9 Å². The summed E-state index contributed by atoms with van der Waals surface area (Å²) < 4.78 is 10.7. The van der Waals surface area contributed by atoms with E-state index in [9.17, 15) is 14.7 Å². The molecule has 0 bridgehead atoms. The number of hydrogen-bond donors (Lipinski definition) is 2. The highest BCUT2D eigenvalue weighted by Crippen LogP contribution is 2.52. The molecule has 1 heterocycles. The lowest BCUT2D eigenvalue weighted by Gasteiger charge is -2.44. The Balaban J connectivity index is 1.95. The fraction of sp³-hybridized carbons (Fsp3) is 0.520. The molecule has 0 spiro atoms. The maximum atomic E-state index is 13.3. The lowest BCUT2D eigenvalue weighted by atomic mass is 9.64. The molecule has 1 aliphatic heterocycles. The zero-order valence-electron chi connectivity index (χ0n) is 19.1. The van der Waals surface area contributed by atoms with Crippen LogP contribution in [0.4, 0.5) is 0 Å². The third-order valence-electron chi connectivity index (χ3n) is 6.53.